The first-order valence-corrected chi connectivity index (χ1v) is 7.04. The number of thioether (sulfide) groups is 1. The minimum Gasteiger partial charge on any atom is -0.481 e. The number of nitrogens with zero attached hydrogens (tertiary/aromatic N) is 2. The number of carboxylic acids is 1. The molecule has 0 saturated heterocycles. The van der Waals surface area contributed by atoms with Crippen LogP contribution in [0.5, 0.6) is 0 Å². The van der Waals surface area contributed by atoms with E-state index in [4.69, 9.17) is 16.7 Å². The molecular formula is C13H13ClN2O2S. The Morgan fingerprint density at radius 2 is 2.11 bits per heavy atom. The van der Waals surface area contributed by atoms with Crippen molar-refractivity contribution in [3.63, 3.8) is 0 Å². The third-order valence-electron chi connectivity index (χ3n) is 2.45. The molecule has 1 N–H and O–H groups in total. The normalized spacial score (nSPS) is 10.6. The van der Waals surface area contributed by atoms with Crippen molar-refractivity contribution < 1.29 is 9.90 Å². The van der Waals surface area contributed by atoms with Gasteiger partial charge in [0, 0.05) is 5.02 Å². The van der Waals surface area contributed by atoms with Crippen LogP contribution in [-0.2, 0) is 11.3 Å². The highest BCUT2D eigenvalue weighted by atomic mass is 35.5. The predicted molar refractivity (Wildman–Crippen MR) is 75.9 cm³/mol. The van der Waals surface area contributed by atoms with E-state index in [1.807, 2.05) is 41.9 Å². The van der Waals surface area contributed by atoms with Gasteiger partial charge in [0.1, 0.15) is 0 Å². The number of aryl methyl sites for hydroxylation is 1. The highest BCUT2D eigenvalue weighted by Gasteiger charge is 2.09. The Hall–Kier alpha value is -1.46. The summed E-state index contributed by atoms with van der Waals surface area (Å²) in [5, 5.41) is 14.7. The van der Waals surface area contributed by atoms with Crippen molar-refractivity contribution in [2.75, 3.05) is 5.75 Å². The van der Waals surface area contributed by atoms with E-state index in [1.165, 1.54) is 11.8 Å². The van der Waals surface area contributed by atoms with E-state index in [1.54, 1.807) is 0 Å². The molecule has 0 aliphatic heterocycles. The van der Waals surface area contributed by atoms with Crippen LogP contribution in [0.25, 0.3) is 0 Å². The fourth-order valence-electron chi connectivity index (χ4n) is 1.65. The summed E-state index contributed by atoms with van der Waals surface area (Å²) in [6, 6.07) is 9.42. The average molecular weight is 297 g/mol. The van der Waals surface area contributed by atoms with Crippen molar-refractivity contribution in [2.24, 2.45) is 0 Å². The molecule has 6 heteroatoms. The Balaban J connectivity index is 2.15. The van der Waals surface area contributed by atoms with Gasteiger partial charge in [-0.05, 0) is 30.7 Å². The minimum absolute atomic E-state index is 0.0335. The monoisotopic (exact) mass is 296 g/mol. The number of hydrogen-bond donors (Lipinski definition) is 1. The summed E-state index contributed by atoms with van der Waals surface area (Å²) in [4.78, 5) is 10.6. The summed E-state index contributed by atoms with van der Waals surface area (Å²) < 4.78 is 1.81. The lowest BCUT2D eigenvalue weighted by atomic mass is 10.2. The van der Waals surface area contributed by atoms with Gasteiger partial charge in [0.2, 0.25) is 0 Å². The summed E-state index contributed by atoms with van der Waals surface area (Å²) in [6.07, 6.45) is 0. The summed E-state index contributed by atoms with van der Waals surface area (Å²) in [6.45, 7) is 2.50. The van der Waals surface area contributed by atoms with Gasteiger partial charge in [-0.25, -0.2) is 0 Å². The van der Waals surface area contributed by atoms with E-state index in [0.29, 0.717) is 11.6 Å². The van der Waals surface area contributed by atoms with E-state index in [-0.39, 0.29) is 5.75 Å². The van der Waals surface area contributed by atoms with Crippen molar-refractivity contribution in [1.82, 2.24) is 9.78 Å². The highest BCUT2D eigenvalue weighted by Crippen LogP contribution is 2.20. The molecule has 1 heterocycles. The van der Waals surface area contributed by atoms with E-state index >= 15 is 0 Å². The molecule has 0 aliphatic rings. The lowest BCUT2D eigenvalue weighted by molar-refractivity contribution is -0.133. The molecule has 1 aromatic heterocycles. The van der Waals surface area contributed by atoms with Gasteiger partial charge in [0.25, 0.3) is 0 Å². The second kappa shape index (κ2) is 6.12. The van der Waals surface area contributed by atoms with Crippen LogP contribution in [0.15, 0.2) is 35.4 Å². The summed E-state index contributed by atoms with van der Waals surface area (Å²) >= 11 is 7.12. The predicted octanol–water partition coefficient (Wildman–Crippen LogP) is 3.07. The van der Waals surface area contributed by atoms with E-state index in [9.17, 15) is 4.79 Å². The zero-order chi connectivity index (χ0) is 13.8. The maximum absolute atomic E-state index is 10.6. The standard InChI is InChI=1S/C13H13ClN2O2S/c1-9-6-12(19-8-13(17)18)16(15-9)7-10-2-4-11(14)5-3-10/h2-6H,7-8H2,1H3,(H,17,18). The van der Waals surface area contributed by atoms with E-state index in [2.05, 4.69) is 5.10 Å². The number of aromatic nitrogens is 2. The highest BCUT2D eigenvalue weighted by molar-refractivity contribution is 7.99. The molecule has 0 amide bonds. The first-order valence-electron chi connectivity index (χ1n) is 5.68. The quantitative estimate of drug-likeness (QED) is 0.862. The molecule has 0 saturated carbocycles. The van der Waals surface area contributed by atoms with Gasteiger partial charge >= 0.3 is 5.97 Å². The largest absolute Gasteiger partial charge is 0.481 e. The molecule has 0 unspecified atom stereocenters. The van der Waals surface area contributed by atoms with Crippen LogP contribution in [0, 0.1) is 6.92 Å². The van der Waals surface area contributed by atoms with Gasteiger partial charge < -0.3 is 5.11 Å². The molecule has 0 atom stereocenters. The second-order valence-corrected chi connectivity index (χ2v) is 5.52. The topological polar surface area (TPSA) is 55.1 Å². The van der Waals surface area contributed by atoms with Crippen LogP contribution in [0.2, 0.25) is 5.02 Å². The fourth-order valence-corrected chi connectivity index (χ4v) is 2.56. The maximum atomic E-state index is 10.6. The molecule has 19 heavy (non-hydrogen) atoms. The zero-order valence-electron chi connectivity index (χ0n) is 10.3. The average Bonchev–Trinajstić information content (AvgIpc) is 2.70. The second-order valence-electron chi connectivity index (χ2n) is 4.09. The van der Waals surface area contributed by atoms with Gasteiger partial charge in [-0.2, -0.15) is 5.10 Å². The Labute approximate surface area is 120 Å². The third kappa shape index (κ3) is 4.01. The minimum atomic E-state index is -0.832. The number of benzene rings is 1. The first-order chi connectivity index (χ1) is 9.04. The third-order valence-corrected chi connectivity index (χ3v) is 3.72. The van der Waals surface area contributed by atoms with Crippen molar-refractivity contribution in [2.45, 2.75) is 18.5 Å². The van der Waals surface area contributed by atoms with Gasteiger partial charge in [0.05, 0.1) is 23.0 Å². The number of carbonyl (C=O) groups is 1. The first kappa shape index (κ1) is 14.0. The van der Waals surface area contributed by atoms with Gasteiger partial charge in [-0.3, -0.25) is 9.48 Å². The number of rotatable bonds is 5. The molecule has 100 valence electrons. The lowest BCUT2D eigenvalue weighted by Crippen LogP contribution is -2.05. The maximum Gasteiger partial charge on any atom is 0.313 e. The lowest BCUT2D eigenvalue weighted by Gasteiger charge is -2.06. The molecular weight excluding hydrogens is 284 g/mol. The van der Waals surface area contributed by atoms with E-state index < -0.39 is 5.97 Å². The van der Waals surface area contributed by atoms with Crippen LogP contribution < -0.4 is 0 Å². The number of carboxylic acid groups (broad SMARTS) is 1. The van der Waals surface area contributed by atoms with Gasteiger partial charge in [-0.15, -0.1) is 0 Å². The van der Waals surface area contributed by atoms with E-state index in [0.717, 1.165) is 16.3 Å². The van der Waals surface area contributed by atoms with Crippen molar-refractivity contribution >= 4 is 29.3 Å². The van der Waals surface area contributed by atoms with Crippen LogP contribution in [0.3, 0.4) is 0 Å². The summed E-state index contributed by atoms with van der Waals surface area (Å²) in [5.41, 5.74) is 1.95. The molecule has 0 aliphatic carbocycles. The fraction of sp³-hybridized carbons (Fsp3) is 0.231. The molecule has 2 aromatic rings. The molecule has 4 nitrogen and oxygen atoms in total. The van der Waals surface area contributed by atoms with Crippen molar-refractivity contribution in [1.29, 1.82) is 0 Å². The Morgan fingerprint density at radius 3 is 2.74 bits per heavy atom. The molecule has 0 radical (unpaired) electrons. The molecule has 2 rings (SSSR count). The molecule has 0 bridgehead atoms. The number of hydrogen-bond acceptors (Lipinski definition) is 3. The van der Waals surface area contributed by atoms with Crippen LogP contribution in [-0.4, -0.2) is 26.6 Å². The number of halogens is 1. The molecule has 1 aromatic carbocycles. The Bertz CT molecular complexity index is 581. The zero-order valence-corrected chi connectivity index (χ0v) is 11.9. The Morgan fingerprint density at radius 1 is 1.42 bits per heavy atom. The van der Waals surface area contributed by atoms with Crippen molar-refractivity contribution in [3.05, 3.63) is 46.6 Å². The molecule has 0 spiro atoms. The smallest absolute Gasteiger partial charge is 0.313 e. The van der Waals surface area contributed by atoms with Crippen molar-refractivity contribution in [3.8, 4) is 0 Å². The summed E-state index contributed by atoms with van der Waals surface area (Å²) in [5.74, 6) is -0.798. The van der Waals surface area contributed by atoms with Gasteiger partial charge in [-0.1, -0.05) is 35.5 Å². The van der Waals surface area contributed by atoms with Crippen LogP contribution >= 0.6 is 23.4 Å². The van der Waals surface area contributed by atoms with Crippen LogP contribution in [0.1, 0.15) is 11.3 Å². The summed E-state index contributed by atoms with van der Waals surface area (Å²) in [7, 11) is 0. The van der Waals surface area contributed by atoms with Crippen LogP contribution in [0.4, 0.5) is 0 Å². The molecule has 0 fully saturated rings. The number of aliphatic carboxylic acids is 1. The SMILES string of the molecule is Cc1cc(SCC(=O)O)n(Cc2ccc(Cl)cc2)n1. The van der Waals surface area contributed by atoms with Gasteiger partial charge in [0.15, 0.2) is 0 Å². The Kier molecular flexibility index (Phi) is 4.50.